The van der Waals surface area contributed by atoms with Crippen molar-refractivity contribution in [3.63, 3.8) is 0 Å². The second kappa shape index (κ2) is 6.21. The number of nitrogens with one attached hydrogen (secondary N) is 2. The zero-order chi connectivity index (χ0) is 14.8. The van der Waals surface area contributed by atoms with E-state index < -0.39 is 10.0 Å². The molecule has 0 saturated carbocycles. The number of hydrogen-bond acceptors (Lipinski definition) is 6. The lowest BCUT2D eigenvalue weighted by molar-refractivity contribution is 0.593. The molecule has 2 heterocycles. The van der Waals surface area contributed by atoms with Crippen molar-refractivity contribution >= 4 is 37.8 Å². The molecule has 0 atom stereocenters. The molecule has 0 aliphatic heterocycles. The maximum atomic E-state index is 12.2. The van der Waals surface area contributed by atoms with E-state index in [1.54, 1.807) is 12.3 Å². The summed E-state index contributed by atoms with van der Waals surface area (Å²) in [6, 6.07) is 3.83. The molecule has 0 bridgehead atoms. The molecule has 0 aromatic carbocycles. The smallest absolute Gasteiger partial charge is 0.273 e. The summed E-state index contributed by atoms with van der Waals surface area (Å²) in [5.41, 5.74) is 0. The summed E-state index contributed by atoms with van der Waals surface area (Å²) < 4.78 is 27.2. The van der Waals surface area contributed by atoms with Gasteiger partial charge in [0.1, 0.15) is 4.21 Å². The molecule has 0 amide bonds. The van der Waals surface area contributed by atoms with Crippen molar-refractivity contribution in [1.82, 2.24) is 10.3 Å². The van der Waals surface area contributed by atoms with Crippen molar-refractivity contribution in [2.75, 3.05) is 4.72 Å². The molecule has 20 heavy (non-hydrogen) atoms. The Kier molecular flexibility index (Phi) is 4.79. The van der Waals surface area contributed by atoms with E-state index in [9.17, 15) is 8.42 Å². The minimum Gasteiger partial charge on any atom is -0.310 e. The molecule has 8 heteroatoms. The molecule has 2 N–H and O–H groups in total. The summed E-state index contributed by atoms with van der Waals surface area (Å²) in [6.45, 7) is 6.67. The van der Waals surface area contributed by atoms with Crippen LogP contribution in [0.1, 0.15) is 23.6 Å². The lowest BCUT2D eigenvalue weighted by Gasteiger charge is -2.05. The van der Waals surface area contributed by atoms with Crippen LogP contribution in [-0.4, -0.2) is 19.4 Å². The van der Waals surface area contributed by atoms with Gasteiger partial charge in [-0.05, 0) is 19.1 Å². The number of aryl methyl sites for hydroxylation is 1. The summed E-state index contributed by atoms with van der Waals surface area (Å²) in [5, 5.41) is 3.67. The van der Waals surface area contributed by atoms with Crippen molar-refractivity contribution < 1.29 is 8.42 Å². The van der Waals surface area contributed by atoms with E-state index in [1.165, 1.54) is 22.7 Å². The third-order valence-electron chi connectivity index (χ3n) is 2.43. The van der Waals surface area contributed by atoms with Gasteiger partial charge in [0, 0.05) is 28.5 Å². The van der Waals surface area contributed by atoms with Gasteiger partial charge in [-0.25, -0.2) is 13.4 Å². The van der Waals surface area contributed by atoms with Gasteiger partial charge in [0.15, 0.2) is 5.13 Å². The third-order valence-corrected chi connectivity index (χ3v) is 6.30. The first kappa shape index (κ1) is 15.4. The fraction of sp³-hybridized carbons (Fsp3) is 0.417. The van der Waals surface area contributed by atoms with Crippen LogP contribution in [0.4, 0.5) is 5.13 Å². The molecular formula is C12H17N3O2S3. The SMILES string of the molecule is Cc1cnc(NS(=O)(=O)c2ccc(CNC(C)C)s2)s1. The van der Waals surface area contributed by atoms with Crippen molar-refractivity contribution in [3.05, 3.63) is 28.1 Å². The summed E-state index contributed by atoms with van der Waals surface area (Å²) in [4.78, 5) is 5.98. The Balaban J connectivity index is 2.09. The van der Waals surface area contributed by atoms with Gasteiger partial charge in [0.05, 0.1) is 0 Å². The van der Waals surface area contributed by atoms with E-state index >= 15 is 0 Å². The standard InChI is InChI=1S/C12H17N3O2S3/c1-8(2)13-7-10-4-5-11(19-10)20(16,17)15-12-14-6-9(3)18-12/h4-6,8,13H,7H2,1-3H3,(H,14,15). The first-order valence-corrected chi connectivity index (χ1v) is 9.26. The molecule has 0 fully saturated rings. The number of hydrogen-bond donors (Lipinski definition) is 2. The second-order valence-corrected chi connectivity index (χ2v) is 8.95. The molecule has 2 rings (SSSR count). The van der Waals surface area contributed by atoms with E-state index in [4.69, 9.17) is 0 Å². The lowest BCUT2D eigenvalue weighted by atomic mass is 10.4. The molecule has 0 spiro atoms. The number of rotatable bonds is 6. The number of thiophene rings is 1. The van der Waals surface area contributed by atoms with Gasteiger partial charge in [-0.1, -0.05) is 13.8 Å². The summed E-state index contributed by atoms with van der Waals surface area (Å²) >= 11 is 2.59. The predicted octanol–water partition coefficient (Wildman–Crippen LogP) is 2.81. The average Bonchev–Trinajstić information content (AvgIpc) is 2.95. The number of aromatic nitrogens is 1. The lowest BCUT2D eigenvalue weighted by Crippen LogP contribution is -2.21. The Morgan fingerprint density at radius 1 is 1.30 bits per heavy atom. The highest BCUT2D eigenvalue weighted by molar-refractivity contribution is 7.94. The number of thiazole rings is 1. The van der Waals surface area contributed by atoms with Crippen LogP contribution in [-0.2, 0) is 16.6 Å². The minimum absolute atomic E-state index is 0.311. The number of sulfonamides is 1. The topological polar surface area (TPSA) is 71.1 Å². The number of nitrogens with zero attached hydrogens (tertiary/aromatic N) is 1. The highest BCUT2D eigenvalue weighted by atomic mass is 32.2. The van der Waals surface area contributed by atoms with E-state index in [-0.39, 0.29) is 0 Å². The molecular weight excluding hydrogens is 314 g/mol. The van der Waals surface area contributed by atoms with Gasteiger partial charge < -0.3 is 5.32 Å². The highest BCUT2D eigenvalue weighted by Crippen LogP contribution is 2.25. The highest BCUT2D eigenvalue weighted by Gasteiger charge is 2.18. The molecule has 2 aromatic rings. The van der Waals surface area contributed by atoms with Crippen LogP contribution in [0.25, 0.3) is 0 Å². The normalized spacial score (nSPS) is 12.0. The van der Waals surface area contributed by atoms with Crippen molar-refractivity contribution in [3.8, 4) is 0 Å². The second-order valence-electron chi connectivity index (χ2n) is 4.64. The zero-order valence-corrected chi connectivity index (χ0v) is 14.0. The summed E-state index contributed by atoms with van der Waals surface area (Å²) in [7, 11) is -3.53. The zero-order valence-electron chi connectivity index (χ0n) is 11.5. The Hall–Kier alpha value is -0.960. The van der Waals surface area contributed by atoms with Crippen LogP contribution in [0.3, 0.4) is 0 Å². The van der Waals surface area contributed by atoms with Crippen LogP contribution in [0.15, 0.2) is 22.5 Å². The van der Waals surface area contributed by atoms with Crippen molar-refractivity contribution in [1.29, 1.82) is 0 Å². The Bertz CT molecular complexity index is 674. The minimum atomic E-state index is -3.53. The molecule has 2 aromatic heterocycles. The van der Waals surface area contributed by atoms with Crippen molar-refractivity contribution in [2.45, 2.75) is 37.6 Å². The van der Waals surface area contributed by atoms with Gasteiger partial charge in [-0.15, -0.1) is 22.7 Å². The molecule has 0 radical (unpaired) electrons. The van der Waals surface area contributed by atoms with Gasteiger partial charge in [0.2, 0.25) is 0 Å². The fourth-order valence-corrected chi connectivity index (χ4v) is 4.68. The molecule has 0 saturated heterocycles. The van der Waals surface area contributed by atoms with Gasteiger partial charge in [0.25, 0.3) is 10.0 Å². The Morgan fingerprint density at radius 3 is 2.65 bits per heavy atom. The van der Waals surface area contributed by atoms with E-state index in [2.05, 4.69) is 28.9 Å². The van der Waals surface area contributed by atoms with Gasteiger partial charge in [-0.3, -0.25) is 4.72 Å². The van der Waals surface area contributed by atoms with E-state index in [0.717, 1.165) is 9.75 Å². The third kappa shape index (κ3) is 4.02. The first-order valence-electron chi connectivity index (χ1n) is 6.14. The van der Waals surface area contributed by atoms with Gasteiger partial charge >= 0.3 is 0 Å². The van der Waals surface area contributed by atoms with Crippen LogP contribution < -0.4 is 10.0 Å². The Morgan fingerprint density at radius 2 is 2.05 bits per heavy atom. The molecule has 110 valence electrons. The molecule has 0 aliphatic carbocycles. The monoisotopic (exact) mass is 331 g/mol. The molecule has 0 aliphatic rings. The molecule has 5 nitrogen and oxygen atoms in total. The van der Waals surface area contributed by atoms with Crippen LogP contribution >= 0.6 is 22.7 Å². The number of anilines is 1. The van der Waals surface area contributed by atoms with Crippen LogP contribution in [0.2, 0.25) is 0 Å². The maximum Gasteiger partial charge on any atom is 0.273 e. The van der Waals surface area contributed by atoms with Gasteiger partial charge in [-0.2, -0.15) is 0 Å². The average molecular weight is 331 g/mol. The van der Waals surface area contributed by atoms with Crippen molar-refractivity contribution in [2.24, 2.45) is 0 Å². The quantitative estimate of drug-likeness (QED) is 0.854. The summed E-state index contributed by atoms with van der Waals surface area (Å²) in [5.74, 6) is 0. The maximum absolute atomic E-state index is 12.2. The largest absolute Gasteiger partial charge is 0.310 e. The fourth-order valence-electron chi connectivity index (χ4n) is 1.47. The van der Waals surface area contributed by atoms with Crippen LogP contribution in [0, 0.1) is 6.92 Å². The Labute approximate surface area is 127 Å². The van der Waals surface area contributed by atoms with Crippen LogP contribution in [0.5, 0.6) is 0 Å². The van der Waals surface area contributed by atoms with E-state index in [1.807, 2.05) is 13.0 Å². The first-order chi connectivity index (χ1) is 9.37. The summed E-state index contributed by atoms with van der Waals surface area (Å²) in [6.07, 6.45) is 1.65. The van der Waals surface area contributed by atoms with E-state index in [0.29, 0.717) is 21.9 Å². The predicted molar refractivity (Wildman–Crippen MR) is 84.0 cm³/mol. The molecule has 0 unspecified atom stereocenters.